The van der Waals surface area contributed by atoms with Crippen molar-refractivity contribution < 1.29 is 14.4 Å². The van der Waals surface area contributed by atoms with Crippen LogP contribution in [-0.2, 0) is 24.2 Å². The Morgan fingerprint density at radius 3 is 2.85 bits per heavy atom. The molecule has 0 radical (unpaired) electrons. The first kappa shape index (κ1) is 23.3. The zero-order valence-electron chi connectivity index (χ0n) is 19.0. The monoisotopic (exact) mass is 501 g/mol. The number of hydrogen-bond donors (Lipinski definition) is 3. The van der Waals surface area contributed by atoms with E-state index in [1.54, 1.807) is 6.07 Å². The molecular formula is C24H28ClN5O3S. The topological polar surface area (TPSA) is 107 Å². The largest absolute Gasteiger partial charge is 0.354 e. The average molecular weight is 502 g/mol. The lowest BCUT2D eigenvalue weighted by Gasteiger charge is -2.35. The second-order valence-corrected chi connectivity index (χ2v) is 11.0. The second kappa shape index (κ2) is 9.64. The number of carbonyl (C=O) groups excluding carboxylic acids is 3. The third kappa shape index (κ3) is 4.82. The van der Waals surface area contributed by atoms with Crippen LogP contribution in [-0.4, -0.2) is 58.6 Å². The van der Waals surface area contributed by atoms with Crippen LogP contribution in [0.5, 0.6) is 0 Å². The third-order valence-corrected chi connectivity index (χ3v) is 8.32. The predicted octanol–water partition coefficient (Wildman–Crippen LogP) is 2.88. The Kier molecular flexibility index (Phi) is 6.59. The molecule has 1 fully saturated rings. The lowest BCUT2D eigenvalue weighted by molar-refractivity contribution is -0.112. The van der Waals surface area contributed by atoms with E-state index < -0.39 is 0 Å². The van der Waals surface area contributed by atoms with Gasteiger partial charge in [0, 0.05) is 47.1 Å². The summed E-state index contributed by atoms with van der Waals surface area (Å²) in [5.74, 6) is -0.604. The molecule has 1 aliphatic heterocycles. The van der Waals surface area contributed by atoms with Crippen molar-refractivity contribution >= 4 is 47.1 Å². The molecule has 3 aliphatic rings. The number of aldehydes is 1. The van der Waals surface area contributed by atoms with E-state index in [0.717, 1.165) is 65.5 Å². The van der Waals surface area contributed by atoms with Crippen molar-refractivity contribution in [3.05, 3.63) is 43.6 Å². The van der Waals surface area contributed by atoms with Gasteiger partial charge >= 0.3 is 0 Å². The number of aryl methyl sites for hydroxylation is 1. The number of H-pyrrole nitrogens is 1. The highest BCUT2D eigenvalue weighted by atomic mass is 35.5. The Bertz CT molecular complexity index is 1160. The minimum absolute atomic E-state index is 0.139. The number of fused-ring (bicyclic) bond motifs is 2. The first-order valence-electron chi connectivity index (χ1n) is 11.7. The van der Waals surface area contributed by atoms with Gasteiger partial charge in [-0.15, -0.1) is 11.3 Å². The van der Waals surface area contributed by atoms with E-state index in [1.807, 2.05) is 6.08 Å². The SMILES string of the molecule is CN1CCc2nc(C(=O)N[C@@H]3CC[C@H](C=O)C[C@@H]3NC(=O)c3cc4c([nH]3)CCC(Cl)=C4)sc2C1. The van der Waals surface area contributed by atoms with Crippen LogP contribution in [0.3, 0.4) is 0 Å². The molecule has 2 aliphatic carbocycles. The van der Waals surface area contributed by atoms with Crippen LogP contribution in [0.4, 0.5) is 0 Å². The van der Waals surface area contributed by atoms with Crippen molar-refractivity contribution in [3.8, 4) is 0 Å². The van der Waals surface area contributed by atoms with Crippen LogP contribution < -0.4 is 10.6 Å². The average Bonchev–Trinajstić information content (AvgIpc) is 3.43. The molecule has 34 heavy (non-hydrogen) atoms. The Morgan fingerprint density at radius 1 is 1.21 bits per heavy atom. The maximum atomic E-state index is 13.1. The highest BCUT2D eigenvalue weighted by Gasteiger charge is 2.34. The van der Waals surface area contributed by atoms with E-state index in [0.29, 0.717) is 30.0 Å². The summed E-state index contributed by atoms with van der Waals surface area (Å²) >= 11 is 7.58. The Morgan fingerprint density at radius 2 is 2.03 bits per heavy atom. The molecule has 0 aromatic carbocycles. The fourth-order valence-corrected chi connectivity index (χ4v) is 6.32. The molecule has 8 nitrogen and oxygen atoms in total. The number of aromatic amines is 1. The predicted molar refractivity (Wildman–Crippen MR) is 131 cm³/mol. The number of halogens is 1. The fourth-order valence-electron chi connectivity index (χ4n) is 5.01. The van der Waals surface area contributed by atoms with E-state index in [9.17, 15) is 14.4 Å². The van der Waals surface area contributed by atoms with Crippen LogP contribution in [0.1, 0.15) is 67.8 Å². The van der Waals surface area contributed by atoms with Crippen molar-refractivity contribution in [3.63, 3.8) is 0 Å². The molecule has 10 heteroatoms. The van der Waals surface area contributed by atoms with E-state index in [2.05, 4.69) is 32.5 Å². The summed E-state index contributed by atoms with van der Waals surface area (Å²) in [6, 6.07) is 1.19. The summed E-state index contributed by atoms with van der Waals surface area (Å²) in [4.78, 5) is 48.7. The molecule has 3 N–H and O–H groups in total. The number of likely N-dealkylation sites (N-methyl/N-ethyl adjacent to an activating group) is 1. The zero-order valence-corrected chi connectivity index (χ0v) is 20.6. The van der Waals surface area contributed by atoms with E-state index >= 15 is 0 Å². The Labute approximate surface area is 207 Å². The van der Waals surface area contributed by atoms with Gasteiger partial charge in [-0.2, -0.15) is 0 Å². The van der Waals surface area contributed by atoms with Crippen LogP contribution in [0.2, 0.25) is 0 Å². The van der Waals surface area contributed by atoms with Gasteiger partial charge in [-0.05, 0) is 56.9 Å². The number of nitrogens with one attached hydrogen (secondary N) is 3. The summed E-state index contributed by atoms with van der Waals surface area (Å²) in [5, 5.41) is 7.39. The number of aromatic nitrogens is 2. The van der Waals surface area contributed by atoms with E-state index in [1.165, 1.54) is 11.3 Å². The maximum Gasteiger partial charge on any atom is 0.280 e. The summed E-state index contributed by atoms with van der Waals surface area (Å²) in [6.45, 7) is 1.75. The van der Waals surface area contributed by atoms with Crippen molar-refractivity contribution in [2.75, 3.05) is 13.6 Å². The summed E-state index contributed by atoms with van der Waals surface area (Å²) in [7, 11) is 2.06. The van der Waals surface area contributed by atoms with Gasteiger partial charge in [0.05, 0.1) is 11.7 Å². The minimum Gasteiger partial charge on any atom is -0.354 e. The van der Waals surface area contributed by atoms with E-state index in [-0.39, 0.29) is 29.8 Å². The molecule has 0 saturated heterocycles. The zero-order chi connectivity index (χ0) is 23.8. The molecule has 5 rings (SSSR count). The molecule has 180 valence electrons. The number of nitrogens with zero attached hydrogens (tertiary/aromatic N) is 2. The van der Waals surface area contributed by atoms with Gasteiger partial charge in [0.15, 0.2) is 5.01 Å². The third-order valence-electron chi connectivity index (χ3n) is 6.94. The van der Waals surface area contributed by atoms with Crippen molar-refractivity contribution in [2.24, 2.45) is 5.92 Å². The van der Waals surface area contributed by atoms with E-state index in [4.69, 9.17) is 11.6 Å². The number of hydrogen-bond acceptors (Lipinski definition) is 6. The van der Waals surface area contributed by atoms with Gasteiger partial charge in [0.25, 0.3) is 11.8 Å². The Hall–Kier alpha value is -2.49. The summed E-state index contributed by atoms with van der Waals surface area (Å²) in [6.07, 6.45) is 6.98. The highest BCUT2D eigenvalue weighted by molar-refractivity contribution is 7.13. The molecule has 2 aromatic rings. The lowest BCUT2D eigenvalue weighted by atomic mass is 9.83. The van der Waals surface area contributed by atoms with Gasteiger partial charge in [-0.1, -0.05) is 11.6 Å². The van der Waals surface area contributed by atoms with Crippen LogP contribution in [0.25, 0.3) is 6.08 Å². The van der Waals surface area contributed by atoms with Crippen LogP contribution in [0, 0.1) is 5.92 Å². The van der Waals surface area contributed by atoms with Gasteiger partial charge in [0.1, 0.15) is 12.0 Å². The molecule has 0 spiro atoms. The molecule has 1 saturated carbocycles. The molecule has 0 bridgehead atoms. The molecule has 2 amide bonds. The van der Waals surface area contributed by atoms with Gasteiger partial charge < -0.3 is 25.3 Å². The number of amides is 2. The maximum absolute atomic E-state index is 13.1. The smallest absolute Gasteiger partial charge is 0.280 e. The summed E-state index contributed by atoms with van der Waals surface area (Å²) in [5.41, 5.74) is 3.39. The number of rotatable bonds is 5. The molecule has 0 unspecified atom stereocenters. The second-order valence-electron chi connectivity index (χ2n) is 9.45. The van der Waals surface area contributed by atoms with Crippen molar-refractivity contribution in [2.45, 2.75) is 57.2 Å². The minimum atomic E-state index is -0.347. The first-order chi connectivity index (χ1) is 16.4. The molecule has 2 aromatic heterocycles. The van der Waals surface area contributed by atoms with Gasteiger partial charge in [0.2, 0.25) is 0 Å². The highest BCUT2D eigenvalue weighted by Crippen LogP contribution is 2.28. The summed E-state index contributed by atoms with van der Waals surface area (Å²) < 4.78 is 0. The fraction of sp³-hybridized carbons (Fsp3) is 0.500. The van der Waals surface area contributed by atoms with Crippen molar-refractivity contribution in [1.82, 2.24) is 25.5 Å². The van der Waals surface area contributed by atoms with Gasteiger partial charge in [-0.25, -0.2) is 4.98 Å². The number of allylic oxidation sites excluding steroid dienone is 1. The normalized spacial score (nSPS) is 24.5. The standard InChI is InChI=1S/C24H28ClN5O3S/c1-30-7-6-18-21(11-30)34-24(29-18)23(33)27-17-4-2-13(12-31)8-19(17)28-22(32)20-10-14-9-15(25)3-5-16(14)26-20/h9-10,12-13,17,19,26H,2-8,11H2,1H3,(H,27,33)(H,28,32)/t13-,17+,19-/m0/s1. The quantitative estimate of drug-likeness (QED) is 0.546. The first-order valence-corrected chi connectivity index (χ1v) is 12.9. The van der Waals surface area contributed by atoms with Crippen molar-refractivity contribution in [1.29, 1.82) is 0 Å². The van der Waals surface area contributed by atoms with Crippen LogP contribution >= 0.6 is 22.9 Å². The van der Waals surface area contributed by atoms with Gasteiger partial charge in [-0.3, -0.25) is 9.59 Å². The van der Waals surface area contributed by atoms with Crippen LogP contribution in [0.15, 0.2) is 11.1 Å². The lowest BCUT2D eigenvalue weighted by Crippen LogP contribution is -2.54. The molecule has 3 heterocycles. The Balaban J connectivity index is 1.29. The molecule has 3 atom stereocenters. The number of carbonyl (C=O) groups is 3. The molecular weight excluding hydrogens is 474 g/mol. The number of thiazole rings is 1.